The van der Waals surface area contributed by atoms with Crippen LogP contribution < -0.4 is 12.4 Å². The second kappa shape index (κ2) is 9.76. The van der Waals surface area contributed by atoms with Crippen LogP contribution in [-0.4, -0.2) is 49.3 Å². The topological polar surface area (TPSA) is 38.8 Å². The van der Waals surface area contributed by atoms with E-state index in [1.54, 1.807) is 0 Å². The van der Waals surface area contributed by atoms with Gasteiger partial charge in [-0.25, -0.2) is 0 Å². The summed E-state index contributed by atoms with van der Waals surface area (Å²) in [6, 6.07) is 8.21. The molecule has 0 bridgehead atoms. The molecule has 0 aromatic heterocycles. The maximum absolute atomic E-state index is 12.3. The number of hydrogen-bond donors (Lipinski definition) is 0. The smallest absolute Gasteiger partial charge is 0.310 e. The van der Waals surface area contributed by atoms with Gasteiger partial charge in [0.2, 0.25) is 0 Å². The Hall–Kier alpha value is -0.620. The zero-order chi connectivity index (χ0) is 16.1. The van der Waals surface area contributed by atoms with Crippen molar-refractivity contribution in [2.75, 3.05) is 26.3 Å². The van der Waals surface area contributed by atoms with Crippen LogP contribution >= 0.6 is 15.9 Å². The Kier molecular flexibility index (Phi) is 8.01. The van der Waals surface area contributed by atoms with Crippen LogP contribution in [0.3, 0.4) is 0 Å². The summed E-state index contributed by atoms with van der Waals surface area (Å²) in [7, 11) is 0. The Bertz CT molecular complexity index is 520. The van der Waals surface area contributed by atoms with Gasteiger partial charge in [0.25, 0.3) is 0 Å². The minimum atomic E-state index is -0.113. The number of halogens is 2. The Morgan fingerprint density at radius 2 is 1.83 bits per heavy atom. The predicted molar refractivity (Wildman–Crippen MR) is 92.4 cm³/mol. The molecule has 1 aliphatic heterocycles. The van der Waals surface area contributed by atoms with Gasteiger partial charge in [-0.05, 0) is 37.0 Å². The molecule has 2 unspecified atom stereocenters. The fourth-order valence-corrected chi connectivity index (χ4v) is 3.79. The minimum Gasteiger partial charge on any atom is -1.00 e. The van der Waals surface area contributed by atoms with Crippen molar-refractivity contribution in [1.82, 2.24) is 4.90 Å². The molecule has 6 heteroatoms. The lowest BCUT2D eigenvalue weighted by atomic mass is 9.91. The number of esters is 1. The molecule has 2 aliphatic rings. The Morgan fingerprint density at radius 3 is 2.54 bits per heavy atom. The first kappa shape index (κ1) is 19.7. The summed E-state index contributed by atoms with van der Waals surface area (Å²) < 4.78 is 12.3. The molecule has 1 aromatic rings. The second-order valence-electron chi connectivity index (χ2n) is 6.33. The molecule has 1 heterocycles. The number of carbonyl (C=O) groups excluding carboxylic acids is 1. The molecular weight excluding hydrogens is 394 g/mol. The van der Waals surface area contributed by atoms with E-state index in [1.165, 1.54) is 6.42 Å². The SMILES string of the molecule is O=C(Cc1ccc(Br)cc1)OC1CCCCC1N1CCOCC1.[Cl-]. The van der Waals surface area contributed by atoms with E-state index in [0.717, 1.165) is 55.6 Å². The van der Waals surface area contributed by atoms with Crippen molar-refractivity contribution in [3.05, 3.63) is 34.3 Å². The summed E-state index contributed by atoms with van der Waals surface area (Å²) in [6.45, 7) is 3.48. The van der Waals surface area contributed by atoms with Crippen molar-refractivity contribution < 1.29 is 26.7 Å². The van der Waals surface area contributed by atoms with E-state index in [2.05, 4.69) is 20.8 Å². The molecule has 0 amide bonds. The summed E-state index contributed by atoms with van der Waals surface area (Å²) in [5.41, 5.74) is 0.997. The monoisotopic (exact) mass is 416 g/mol. The van der Waals surface area contributed by atoms with Crippen LogP contribution in [0.25, 0.3) is 0 Å². The highest BCUT2D eigenvalue weighted by molar-refractivity contribution is 9.10. The van der Waals surface area contributed by atoms with Crippen molar-refractivity contribution in [2.24, 2.45) is 0 Å². The van der Waals surface area contributed by atoms with Crippen LogP contribution in [-0.2, 0) is 20.7 Å². The molecule has 1 saturated carbocycles. The maximum atomic E-state index is 12.3. The van der Waals surface area contributed by atoms with Gasteiger partial charge in [-0.1, -0.05) is 34.5 Å². The number of carbonyl (C=O) groups is 1. The number of rotatable bonds is 4. The van der Waals surface area contributed by atoms with E-state index >= 15 is 0 Å². The molecule has 2 atom stereocenters. The van der Waals surface area contributed by atoms with Gasteiger partial charge in [0.05, 0.1) is 19.6 Å². The first-order valence-corrected chi connectivity index (χ1v) is 9.27. The van der Waals surface area contributed by atoms with Crippen molar-refractivity contribution in [2.45, 2.75) is 44.2 Å². The molecular formula is C18H24BrClNO3-. The fourth-order valence-electron chi connectivity index (χ4n) is 3.52. The van der Waals surface area contributed by atoms with Crippen molar-refractivity contribution in [1.29, 1.82) is 0 Å². The Morgan fingerprint density at radius 1 is 1.17 bits per heavy atom. The molecule has 134 valence electrons. The molecule has 4 nitrogen and oxygen atoms in total. The van der Waals surface area contributed by atoms with Gasteiger partial charge in [0.1, 0.15) is 6.10 Å². The maximum Gasteiger partial charge on any atom is 0.310 e. The molecule has 2 fully saturated rings. The van der Waals surface area contributed by atoms with Gasteiger partial charge in [-0.2, -0.15) is 0 Å². The van der Waals surface area contributed by atoms with Gasteiger partial charge in [-0.3, -0.25) is 9.69 Å². The normalized spacial score (nSPS) is 24.9. The Balaban J connectivity index is 0.00000208. The van der Waals surface area contributed by atoms with Gasteiger partial charge >= 0.3 is 5.97 Å². The summed E-state index contributed by atoms with van der Waals surface area (Å²) >= 11 is 3.41. The van der Waals surface area contributed by atoms with Crippen LogP contribution in [0.2, 0.25) is 0 Å². The standard InChI is InChI=1S/C18H24BrNO3.ClH/c19-15-7-5-14(6-8-15)13-18(21)23-17-4-2-1-3-16(17)20-9-11-22-12-10-20;/h5-8,16-17H,1-4,9-13H2;1H/p-1. The highest BCUT2D eigenvalue weighted by atomic mass is 79.9. The number of ether oxygens (including phenoxy) is 2. The van der Waals surface area contributed by atoms with Crippen LogP contribution in [0.5, 0.6) is 0 Å². The molecule has 1 saturated heterocycles. The first-order chi connectivity index (χ1) is 11.2. The van der Waals surface area contributed by atoms with Gasteiger partial charge in [0, 0.05) is 23.6 Å². The number of benzene rings is 1. The van der Waals surface area contributed by atoms with E-state index in [1.807, 2.05) is 24.3 Å². The van der Waals surface area contributed by atoms with Crippen LogP contribution in [0.15, 0.2) is 28.7 Å². The van der Waals surface area contributed by atoms with Crippen molar-refractivity contribution >= 4 is 21.9 Å². The number of hydrogen-bond acceptors (Lipinski definition) is 4. The van der Waals surface area contributed by atoms with E-state index in [0.29, 0.717) is 12.5 Å². The quantitative estimate of drug-likeness (QED) is 0.655. The van der Waals surface area contributed by atoms with Crippen LogP contribution in [0.4, 0.5) is 0 Å². The summed E-state index contributed by atoms with van der Waals surface area (Å²) in [6.07, 6.45) is 4.86. The first-order valence-electron chi connectivity index (χ1n) is 8.48. The molecule has 1 aromatic carbocycles. The number of nitrogens with zero attached hydrogens (tertiary/aromatic N) is 1. The predicted octanol–water partition coefficient (Wildman–Crippen LogP) is 0.182. The fraction of sp³-hybridized carbons (Fsp3) is 0.611. The third kappa shape index (κ3) is 5.45. The summed E-state index contributed by atoms with van der Waals surface area (Å²) in [5.74, 6) is -0.113. The zero-order valence-corrected chi connectivity index (χ0v) is 16.1. The lowest BCUT2D eigenvalue weighted by Crippen LogP contribution is -3.00. The molecule has 24 heavy (non-hydrogen) atoms. The zero-order valence-electron chi connectivity index (χ0n) is 13.8. The largest absolute Gasteiger partial charge is 1.00 e. The molecule has 0 radical (unpaired) electrons. The molecule has 3 rings (SSSR count). The van der Waals surface area contributed by atoms with Crippen molar-refractivity contribution in [3.8, 4) is 0 Å². The van der Waals surface area contributed by atoms with E-state index in [4.69, 9.17) is 9.47 Å². The average molecular weight is 418 g/mol. The summed E-state index contributed by atoms with van der Waals surface area (Å²) in [4.78, 5) is 14.8. The van der Waals surface area contributed by atoms with Crippen LogP contribution in [0.1, 0.15) is 31.2 Å². The third-order valence-corrected chi connectivity index (χ3v) is 5.26. The van der Waals surface area contributed by atoms with Crippen molar-refractivity contribution in [3.63, 3.8) is 0 Å². The molecule has 1 aliphatic carbocycles. The molecule has 0 N–H and O–H groups in total. The van der Waals surface area contributed by atoms with Gasteiger partial charge < -0.3 is 21.9 Å². The van der Waals surface area contributed by atoms with E-state index in [9.17, 15) is 4.79 Å². The number of morpholine rings is 1. The second-order valence-corrected chi connectivity index (χ2v) is 7.25. The van der Waals surface area contributed by atoms with E-state index in [-0.39, 0.29) is 24.5 Å². The summed E-state index contributed by atoms with van der Waals surface area (Å²) in [5, 5.41) is 0. The lowest BCUT2D eigenvalue weighted by Gasteiger charge is -2.41. The highest BCUT2D eigenvalue weighted by Gasteiger charge is 2.33. The Labute approximate surface area is 158 Å². The molecule has 0 spiro atoms. The minimum absolute atomic E-state index is 0. The average Bonchev–Trinajstić information content (AvgIpc) is 2.58. The van der Waals surface area contributed by atoms with Gasteiger partial charge in [0.15, 0.2) is 0 Å². The highest BCUT2D eigenvalue weighted by Crippen LogP contribution is 2.26. The van der Waals surface area contributed by atoms with E-state index < -0.39 is 0 Å². The van der Waals surface area contributed by atoms with Crippen LogP contribution in [0, 0.1) is 0 Å². The van der Waals surface area contributed by atoms with Gasteiger partial charge in [-0.15, -0.1) is 0 Å². The lowest BCUT2D eigenvalue weighted by molar-refractivity contribution is -0.155. The third-order valence-electron chi connectivity index (χ3n) is 4.73.